The molecule has 1 N–H and O–H groups in total. The van der Waals surface area contributed by atoms with Crippen LogP contribution in [0.25, 0.3) is 0 Å². The lowest BCUT2D eigenvalue weighted by atomic mass is 9.87. The van der Waals surface area contributed by atoms with Crippen LogP contribution in [0.2, 0.25) is 0 Å². The third-order valence-electron chi connectivity index (χ3n) is 6.19. The first kappa shape index (κ1) is 24.8. The monoisotopic (exact) mass is 420 g/mol. The Bertz CT molecular complexity index is 950. The van der Waals surface area contributed by atoms with Crippen molar-refractivity contribution in [2.45, 2.75) is 86.7 Å². The zero-order valence-electron chi connectivity index (χ0n) is 20.7. The van der Waals surface area contributed by atoms with Crippen molar-refractivity contribution < 1.29 is 9.84 Å². The summed E-state index contributed by atoms with van der Waals surface area (Å²) in [6.45, 7) is 16.7. The van der Waals surface area contributed by atoms with Crippen LogP contribution in [-0.2, 0) is 6.42 Å². The zero-order chi connectivity index (χ0) is 23.2. The quantitative estimate of drug-likeness (QED) is 0.356. The molecule has 0 saturated heterocycles. The summed E-state index contributed by atoms with van der Waals surface area (Å²) in [5.41, 5.74) is 7.69. The van der Waals surface area contributed by atoms with Gasteiger partial charge in [-0.15, -0.1) is 0 Å². The fraction of sp³-hybridized carbons (Fsp3) is 0.448. The number of benzene rings is 1. The minimum absolute atomic E-state index is 0.338. The van der Waals surface area contributed by atoms with Gasteiger partial charge in [0.2, 0.25) is 0 Å². The van der Waals surface area contributed by atoms with Crippen LogP contribution in [0.4, 0.5) is 0 Å². The van der Waals surface area contributed by atoms with Crippen molar-refractivity contribution in [1.29, 1.82) is 0 Å². The molecule has 1 aliphatic heterocycles. The maximum atomic E-state index is 10.4. The third kappa shape index (κ3) is 6.75. The fourth-order valence-corrected chi connectivity index (χ4v) is 3.88. The molecule has 0 bridgehead atoms. The van der Waals surface area contributed by atoms with Gasteiger partial charge in [0.1, 0.15) is 17.1 Å². The van der Waals surface area contributed by atoms with E-state index in [4.69, 9.17) is 4.74 Å². The predicted molar refractivity (Wildman–Crippen MR) is 134 cm³/mol. The Morgan fingerprint density at radius 3 is 2.39 bits per heavy atom. The van der Waals surface area contributed by atoms with E-state index in [-0.39, 0.29) is 5.60 Å². The first-order chi connectivity index (χ1) is 14.5. The van der Waals surface area contributed by atoms with Crippen LogP contribution in [-0.4, -0.2) is 10.7 Å². The third-order valence-corrected chi connectivity index (χ3v) is 6.19. The average Bonchev–Trinajstić information content (AvgIpc) is 2.70. The molecule has 0 saturated carbocycles. The van der Waals surface area contributed by atoms with E-state index < -0.39 is 0 Å². The van der Waals surface area contributed by atoms with Gasteiger partial charge in [-0.3, -0.25) is 0 Å². The summed E-state index contributed by atoms with van der Waals surface area (Å²) in [4.78, 5) is 0. The minimum atomic E-state index is -0.338. The summed E-state index contributed by atoms with van der Waals surface area (Å²) >= 11 is 0. The predicted octanol–water partition coefficient (Wildman–Crippen LogP) is 8.15. The van der Waals surface area contributed by atoms with Crippen LogP contribution >= 0.6 is 0 Å². The summed E-state index contributed by atoms with van der Waals surface area (Å²) in [6.07, 6.45) is 19.2. The Kier molecular flexibility index (Phi) is 8.56. The maximum Gasteiger partial charge on any atom is 0.127 e. The summed E-state index contributed by atoms with van der Waals surface area (Å²) in [5, 5.41) is 10.4. The average molecular weight is 421 g/mol. The molecule has 0 aromatic heterocycles. The summed E-state index contributed by atoms with van der Waals surface area (Å²) in [6, 6.07) is 0. The van der Waals surface area contributed by atoms with Gasteiger partial charge in [0.15, 0.2) is 0 Å². The number of phenolic OH excluding ortho intramolecular Hbond substituents is 1. The molecule has 1 unspecified atom stereocenters. The SMILES string of the molecule is CC(C)=CCC/C(C)=C/C=C/C(C)=C/C=C/C1(C)CCc2c(C)c(O)c(C)c(C)c2O1. The highest BCUT2D eigenvalue weighted by atomic mass is 16.5. The van der Waals surface area contributed by atoms with Gasteiger partial charge in [0, 0.05) is 5.56 Å². The molecule has 1 atom stereocenters. The Hall–Kier alpha value is -2.48. The number of hydrogen-bond donors (Lipinski definition) is 1. The number of phenols is 1. The normalized spacial score (nSPS) is 19.6. The van der Waals surface area contributed by atoms with E-state index in [0.29, 0.717) is 5.75 Å². The van der Waals surface area contributed by atoms with Crippen molar-refractivity contribution in [3.8, 4) is 11.5 Å². The summed E-state index contributed by atoms with van der Waals surface area (Å²) in [5.74, 6) is 1.35. The van der Waals surface area contributed by atoms with Gasteiger partial charge in [-0.2, -0.15) is 0 Å². The Balaban J connectivity index is 2.04. The van der Waals surface area contributed by atoms with Gasteiger partial charge in [-0.25, -0.2) is 0 Å². The summed E-state index contributed by atoms with van der Waals surface area (Å²) < 4.78 is 6.46. The Morgan fingerprint density at radius 2 is 1.71 bits per heavy atom. The molecular formula is C29H40O2. The number of rotatable bonds is 7. The molecule has 0 amide bonds. The second-order valence-electron chi connectivity index (χ2n) is 9.41. The van der Waals surface area contributed by atoms with Crippen molar-refractivity contribution >= 4 is 0 Å². The molecule has 1 aromatic carbocycles. The maximum absolute atomic E-state index is 10.4. The van der Waals surface area contributed by atoms with Crippen LogP contribution in [0.3, 0.4) is 0 Å². The highest BCUT2D eigenvalue weighted by Crippen LogP contribution is 2.43. The van der Waals surface area contributed by atoms with Crippen LogP contribution in [0.5, 0.6) is 11.5 Å². The van der Waals surface area contributed by atoms with E-state index in [1.54, 1.807) is 0 Å². The zero-order valence-corrected chi connectivity index (χ0v) is 20.7. The van der Waals surface area contributed by atoms with Crippen molar-refractivity contribution in [2.24, 2.45) is 0 Å². The lowest BCUT2D eigenvalue weighted by Gasteiger charge is -2.36. The fourth-order valence-electron chi connectivity index (χ4n) is 3.88. The van der Waals surface area contributed by atoms with Crippen LogP contribution in [0, 0.1) is 20.8 Å². The standard InChI is InChI=1S/C29H40O2/c1-20(2)12-9-13-21(3)14-10-15-22(4)16-11-18-29(8)19-17-26-25(7)27(30)23(5)24(6)28(26)31-29/h10-12,14-16,18,30H,9,13,17,19H2,1-8H3/b15-10+,18-11+,21-14+,22-16+. The van der Waals surface area contributed by atoms with E-state index in [1.165, 1.54) is 16.7 Å². The van der Waals surface area contributed by atoms with E-state index in [1.807, 2.05) is 20.8 Å². The number of aromatic hydroxyl groups is 1. The molecule has 1 heterocycles. The smallest absolute Gasteiger partial charge is 0.127 e. The van der Waals surface area contributed by atoms with Gasteiger partial charge >= 0.3 is 0 Å². The van der Waals surface area contributed by atoms with Crippen molar-refractivity contribution in [1.82, 2.24) is 0 Å². The number of fused-ring (bicyclic) bond motifs is 1. The molecule has 0 spiro atoms. The van der Waals surface area contributed by atoms with Gasteiger partial charge in [0.05, 0.1) is 0 Å². The highest BCUT2D eigenvalue weighted by Gasteiger charge is 2.32. The number of ether oxygens (including phenoxy) is 1. The molecular weight excluding hydrogens is 380 g/mol. The molecule has 31 heavy (non-hydrogen) atoms. The molecule has 2 nitrogen and oxygen atoms in total. The largest absolute Gasteiger partial charge is 0.507 e. The molecule has 1 aliphatic rings. The first-order valence-electron chi connectivity index (χ1n) is 11.4. The summed E-state index contributed by atoms with van der Waals surface area (Å²) in [7, 11) is 0. The lowest BCUT2D eigenvalue weighted by molar-refractivity contribution is 0.112. The van der Waals surface area contributed by atoms with Crippen LogP contribution < -0.4 is 4.74 Å². The Labute approximate surface area is 189 Å². The topological polar surface area (TPSA) is 29.5 Å². The molecule has 1 aromatic rings. The second-order valence-corrected chi connectivity index (χ2v) is 9.41. The van der Waals surface area contributed by atoms with Gasteiger partial charge < -0.3 is 9.84 Å². The van der Waals surface area contributed by atoms with Crippen molar-refractivity contribution in [3.63, 3.8) is 0 Å². The molecule has 2 rings (SSSR count). The lowest BCUT2D eigenvalue weighted by Crippen LogP contribution is -2.35. The highest BCUT2D eigenvalue weighted by molar-refractivity contribution is 5.58. The molecule has 168 valence electrons. The first-order valence-corrected chi connectivity index (χ1v) is 11.4. The molecule has 0 aliphatic carbocycles. The van der Waals surface area contributed by atoms with E-state index >= 15 is 0 Å². The van der Waals surface area contributed by atoms with Crippen molar-refractivity contribution in [2.75, 3.05) is 0 Å². The minimum Gasteiger partial charge on any atom is -0.507 e. The van der Waals surface area contributed by atoms with Crippen LogP contribution in [0.1, 0.15) is 76.1 Å². The van der Waals surface area contributed by atoms with E-state index in [2.05, 4.69) is 77.2 Å². The van der Waals surface area contributed by atoms with Crippen LogP contribution in [0.15, 0.2) is 59.3 Å². The van der Waals surface area contributed by atoms with E-state index in [9.17, 15) is 5.11 Å². The number of allylic oxidation sites excluding steroid dienone is 9. The molecule has 0 fully saturated rings. The molecule has 2 heteroatoms. The van der Waals surface area contributed by atoms with Gasteiger partial charge in [-0.05, 0) is 104 Å². The van der Waals surface area contributed by atoms with Gasteiger partial charge in [0.25, 0.3) is 0 Å². The van der Waals surface area contributed by atoms with Gasteiger partial charge in [-0.1, -0.05) is 53.2 Å². The van der Waals surface area contributed by atoms with Crippen molar-refractivity contribution in [3.05, 3.63) is 81.5 Å². The molecule has 0 radical (unpaired) electrons. The van der Waals surface area contributed by atoms with E-state index in [0.717, 1.165) is 53.7 Å². The number of hydrogen-bond acceptors (Lipinski definition) is 2. The Morgan fingerprint density at radius 1 is 1.00 bits per heavy atom. The second kappa shape index (κ2) is 10.7.